The fourth-order valence-corrected chi connectivity index (χ4v) is 4.77. The van der Waals surface area contributed by atoms with Gasteiger partial charge in [0, 0.05) is 24.3 Å². The highest BCUT2D eigenvalue weighted by Gasteiger charge is 2.42. The summed E-state index contributed by atoms with van der Waals surface area (Å²) < 4.78 is 31.8. The van der Waals surface area contributed by atoms with E-state index in [1.165, 1.54) is 24.0 Å². The molecule has 0 radical (unpaired) electrons. The molecule has 5 nitrogen and oxygen atoms in total. The van der Waals surface area contributed by atoms with Gasteiger partial charge >= 0.3 is 0 Å². The minimum atomic E-state index is -3.85. The third-order valence-electron chi connectivity index (χ3n) is 5.49. The minimum Gasteiger partial charge on any atom is -0.870 e. The molecule has 3 saturated heterocycles. The van der Waals surface area contributed by atoms with Crippen LogP contribution in [0, 0.1) is 5.92 Å². The van der Waals surface area contributed by atoms with Gasteiger partial charge in [0.1, 0.15) is 6.54 Å². The first kappa shape index (κ1) is 20.4. The standard InChI is InChI=1S/C18H24ClNO3S.H2O/c19-18-6-3-15(4-7-18)2-5-17-14-20(10-1-13-24(21,22)23)11-8-16(17)9-12-20;/h3-7,16H,1-2,8-14H2;1H2. The Morgan fingerprint density at radius 2 is 1.84 bits per heavy atom. The number of fused-ring (bicyclic) bond motifs is 3. The van der Waals surface area contributed by atoms with Gasteiger partial charge in [0.05, 0.1) is 25.4 Å². The van der Waals surface area contributed by atoms with E-state index in [-0.39, 0.29) is 11.2 Å². The van der Waals surface area contributed by atoms with Crippen LogP contribution in [0.1, 0.15) is 24.8 Å². The van der Waals surface area contributed by atoms with Crippen LogP contribution in [0.25, 0.3) is 0 Å². The Kier molecular flexibility index (Phi) is 6.68. The van der Waals surface area contributed by atoms with Crippen LogP contribution in [-0.4, -0.2) is 54.9 Å². The van der Waals surface area contributed by atoms with Crippen LogP contribution in [0.5, 0.6) is 0 Å². The number of nitrogens with zero attached hydrogens (tertiary/aromatic N) is 1. The van der Waals surface area contributed by atoms with Gasteiger partial charge in [-0.15, -0.1) is 0 Å². The van der Waals surface area contributed by atoms with Gasteiger partial charge in [-0.25, -0.2) is 0 Å². The maximum Gasteiger partial charge on any atom is 0.265 e. The van der Waals surface area contributed by atoms with Crippen LogP contribution in [0.2, 0.25) is 5.02 Å². The lowest BCUT2D eigenvalue weighted by Crippen LogP contribution is -2.59. The number of quaternary nitrogens is 1. The van der Waals surface area contributed by atoms with Crippen molar-refractivity contribution in [2.75, 3.05) is 31.9 Å². The van der Waals surface area contributed by atoms with Gasteiger partial charge in [0.15, 0.2) is 0 Å². The lowest BCUT2D eigenvalue weighted by atomic mass is 9.80. The van der Waals surface area contributed by atoms with E-state index in [1.807, 2.05) is 12.1 Å². The zero-order chi connectivity index (χ0) is 17.2. The van der Waals surface area contributed by atoms with Crippen molar-refractivity contribution in [3.8, 4) is 0 Å². The number of hydrogen-bond acceptors (Lipinski definition) is 3. The molecular weight excluding hydrogens is 362 g/mol. The first-order valence-corrected chi connectivity index (χ1v) is 10.6. The van der Waals surface area contributed by atoms with Crippen molar-refractivity contribution in [2.24, 2.45) is 5.92 Å². The van der Waals surface area contributed by atoms with E-state index in [2.05, 4.69) is 18.2 Å². The summed E-state index contributed by atoms with van der Waals surface area (Å²) in [4.78, 5) is 0. The molecule has 0 aromatic heterocycles. The summed E-state index contributed by atoms with van der Waals surface area (Å²) in [5, 5.41) is 0.762. The molecule has 0 atom stereocenters. The van der Waals surface area contributed by atoms with Gasteiger partial charge in [-0.3, -0.25) is 4.55 Å². The highest BCUT2D eigenvalue weighted by atomic mass is 35.5. The maximum atomic E-state index is 11.0. The zero-order valence-electron chi connectivity index (χ0n) is 14.3. The number of benzene rings is 1. The summed E-state index contributed by atoms with van der Waals surface area (Å²) in [5.41, 5.74) is 2.79. The molecule has 140 valence electrons. The summed E-state index contributed by atoms with van der Waals surface area (Å²) in [6.45, 7) is 4.14. The van der Waals surface area contributed by atoms with Crippen molar-refractivity contribution >= 4 is 21.7 Å². The maximum absolute atomic E-state index is 11.0. The van der Waals surface area contributed by atoms with Crippen LogP contribution in [0.15, 0.2) is 35.9 Å². The van der Waals surface area contributed by atoms with Gasteiger partial charge < -0.3 is 9.96 Å². The third-order valence-corrected chi connectivity index (χ3v) is 6.55. The molecule has 25 heavy (non-hydrogen) atoms. The second-order valence-electron chi connectivity index (χ2n) is 7.19. The molecular formula is C18H26ClNO4S. The molecule has 2 N–H and O–H groups in total. The Hall–Kier alpha value is -0.920. The Labute approximate surface area is 154 Å². The monoisotopic (exact) mass is 387 g/mol. The van der Waals surface area contributed by atoms with Crippen molar-refractivity contribution in [2.45, 2.75) is 25.7 Å². The molecule has 0 saturated carbocycles. The van der Waals surface area contributed by atoms with Crippen molar-refractivity contribution in [1.29, 1.82) is 0 Å². The summed E-state index contributed by atoms with van der Waals surface area (Å²) in [7, 11) is -3.85. The lowest BCUT2D eigenvalue weighted by Gasteiger charge is -2.50. The molecule has 0 amide bonds. The largest absolute Gasteiger partial charge is 0.870 e. The van der Waals surface area contributed by atoms with E-state index < -0.39 is 10.1 Å². The Morgan fingerprint density at radius 1 is 1.20 bits per heavy atom. The highest BCUT2D eigenvalue weighted by Crippen LogP contribution is 2.37. The van der Waals surface area contributed by atoms with Crippen LogP contribution >= 0.6 is 11.6 Å². The summed E-state index contributed by atoms with van der Waals surface area (Å²) in [6.07, 6.45) is 6.21. The number of rotatable bonds is 6. The Balaban J connectivity index is 0.00000225. The van der Waals surface area contributed by atoms with Gasteiger partial charge in [0.25, 0.3) is 10.1 Å². The number of piperidine rings is 3. The van der Waals surface area contributed by atoms with E-state index in [0.717, 1.165) is 42.1 Å². The summed E-state index contributed by atoms with van der Waals surface area (Å²) in [5.74, 6) is 0.569. The molecule has 0 spiro atoms. The smallest absolute Gasteiger partial charge is 0.265 e. The van der Waals surface area contributed by atoms with Crippen LogP contribution in [0.4, 0.5) is 0 Å². The topological polar surface area (TPSA) is 84.4 Å². The molecule has 0 unspecified atom stereocenters. The van der Waals surface area contributed by atoms with E-state index >= 15 is 0 Å². The van der Waals surface area contributed by atoms with E-state index in [0.29, 0.717) is 12.3 Å². The van der Waals surface area contributed by atoms with Gasteiger partial charge in [-0.1, -0.05) is 29.8 Å². The molecule has 3 fully saturated rings. The number of hydrogen-bond donors (Lipinski definition) is 1. The molecule has 3 aliphatic rings. The predicted molar refractivity (Wildman–Crippen MR) is 98.7 cm³/mol. The fraction of sp³-hybridized carbons (Fsp3) is 0.556. The number of allylic oxidation sites excluding steroid dienone is 1. The highest BCUT2D eigenvalue weighted by molar-refractivity contribution is 7.85. The quantitative estimate of drug-likeness (QED) is 0.461. The van der Waals surface area contributed by atoms with E-state index in [9.17, 15) is 8.42 Å². The normalized spacial score (nSPS) is 27.3. The fourth-order valence-electron chi connectivity index (χ4n) is 4.15. The van der Waals surface area contributed by atoms with Gasteiger partial charge in [0.2, 0.25) is 0 Å². The molecule has 1 aromatic rings. The third kappa shape index (κ3) is 5.53. The SMILES string of the molecule is O=S(=O)(O)CCC[N+]12CCC(CC1)C(=CCc1ccc(Cl)cc1)C2.[OH-]. The van der Waals surface area contributed by atoms with Crippen molar-refractivity contribution in [1.82, 2.24) is 0 Å². The van der Waals surface area contributed by atoms with Crippen LogP contribution in [-0.2, 0) is 16.5 Å². The molecule has 4 rings (SSSR count). The Morgan fingerprint density at radius 3 is 2.44 bits per heavy atom. The van der Waals surface area contributed by atoms with E-state index in [1.54, 1.807) is 0 Å². The van der Waals surface area contributed by atoms with Crippen LogP contribution < -0.4 is 0 Å². The number of halogens is 1. The summed E-state index contributed by atoms with van der Waals surface area (Å²) in [6, 6.07) is 7.99. The van der Waals surface area contributed by atoms with Gasteiger partial charge in [-0.2, -0.15) is 8.42 Å². The average molecular weight is 388 g/mol. The summed E-state index contributed by atoms with van der Waals surface area (Å²) >= 11 is 5.93. The second-order valence-corrected chi connectivity index (χ2v) is 9.20. The molecule has 2 bridgehead atoms. The van der Waals surface area contributed by atoms with Gasteiger partial charge in [-0.05, 0) is 35.6 Å². The van der Waals surface area contributed by atoms with Crippen molar-refractivity contribution < 1.29 is 22.9 Å². The molecule has 7 heteroatoms. The van der Waals surface area contributed by atoms with Crippen molar-refractivity contribution in [3.05, 3.63) is 46.5 Å². The lowest BCUT2D eigenvalue weighted by molar-refractivity contribution is -0.935. The molecule has 1 aromatic carbocycles. The molecule has 0 aliphatic carbocycles. The Bertz CT molecular complexity index is 707. The minimum absolute atomic E-state index is 0. The average Bonchev–Trinajstić information content (AvgIpc) is 2.54. The second kappa shape index (κ2) is 8.18. The molecule has 3 heterocycles. The molecule has 3 aliphatic heterocycles. The first-order chi connectivity index (χ1) is 11.4. The first-order valence-electron chi connectivity index (χ1n) is 8.59. The van der Waals surface area contributed by atoms with Crippen LogP contribution in [0.3, 0.4) is 0 Å². The van der Waals surface area contributed by atoms with Crippen molar-refractivity contribution in [3.63, 3.8) is 0 Å². The zero-order valence-corrected chi connectivity index (χ0v) is 15.8. The predicted octanol–water partition coefficient (Wildman–Crippen LogP) is 3.15. The van der Waals surface area contributed by atoms with E-state index in [4.69, 9.17) is 16.2 Å².